The minimum absolute atomic E-state index is 0.479. The van der Waals surface area contributed by atoms with E-state index in [2.05, 4.69) is 37.8 Å². The molecule has 2 unspecified atom stereocenters. The van der Waals surface area contributed by atoms with Crippen LogP contribution >= 0.6 is 0 Å². The van der Waals surface area contributed by atoms with Gasteiger partial charge in [0.2, 0.25) is 0 Å². The predicted molar refractivity (Wildman–Crippen MR) is 73.1 cm³/mol. The van der Waals surface area contributed by atoms with Crippen molar-refractivity contribution in [2.24, 2.45) is 11.8 Å². The van der Waals surface area contributed by atoms with Crippen LogP contribution in [-0.4, -0.2) is 25.5 Å². The van der Waals surface area contributed by atoms with Crippen LogP contribution in [0.5, 0.6) is 0 Å². The van der Waals surface area contributed by atoms with Crippen molar-refractivity contribution in [3.63, 3.8) is 0 Å². The van der Waals surface area contributed by atoms with E-state index >= 15 is 0 Å². The van der Waals surface area contributed by atoms with Gasteiger partial charge in [-0.3, -0.25) is 4.68 Å². The van der Waals surface area contributed by atoms with E-state index in [-0.39, 0.29) is 0 Å². The minimum Gasteiger partial charge on any atom is -0.388 e. The topological polar surface area (TPSA) is 50.9 Å². The van der Waals surface area contributed by atoms with Crippen LogP contribution in [0.25, 0.3) is 0 Å². The highest BCUT2D eigenvalue weighted by molar-refractivity contribution is 4.82. The van der Waals surface area contributed by atoms with Crippen LogP contribution in [0.2, 0.25) is 0 Å². The zero-order valence-corrected chi connectivity index (χ0v) is 12.1. The van der Waals surface area contributed by atoms with Crippen molar-refractivity contribution >= 4 is 0 Å². The molecular weight excluding hydrogens is 226 g/mol. The first kappa shape index (κ1) is 15.2. The van der Waals surface area contributed by atoms with Crippen molar-refractivity contribution in [3.8, 4) is 0 Å². The number of nitrogens with zero attached hydrogens (tertiary/aromatic N) is 3. The van der Waals surface area contributed by atoms with Gasteiger partial charge >= 0.3 is 0 Å². The number of hydrogen-bond acceptors (Lipinski definition) is 3. The molecule has 0 aromatic carbocycles. The molecule has 0 amide bonds. The van der Waals surface area contributed by atoms with E-state index < -0.39 is 5.60 Å². The van der Waals surface area contributed by atoms with E-state index in [1.54, 1.807) is 11.0 Å². The first-order valence-corrected chi connectivity index (χ1v) is 7.00. The SMILES string of the molecule is CCCC(C)CC(O)(CC(C)C)Cn1cncn1. The standard InChI is InChI=1S/C14H27N3O/c1-5-6-13(4)8-14(18,7-12(2)3)9-17-11-15-10-16-17/h10-13,18H,5-9H2,1-4H3. The first-order chi connectivity index (χ1) is 8.45. The summed E-state index contributed by atoms with van der Waals surface area (Å²) in [4.78, 5) is 3.94. The van der Waals surface area contributed by atoms with Crippen LogP contribution < -0.4 is 0 Å². The van der Waals surface area contributed by atoms with Crippen molar-refractivity contribution in [2.45, 2.75) is 65.5 Å². The highest BCUT2D eigenvalue weighted by Gasteiger charge is 2.30. The summed E-state index contributed by atoms with van der Waals surface area (Å²) in [5.41, 5.74) is -0.670. The summed E-state index contributed by atoms with van der Waals surface area (Å²) < 4.78 is 1.74. The molecule has 0 aliphatic carbocycles. The van der Waals surface area contributed by atoms with Gasteiger partial charge in [-0.2, -0.15) is 5.10 Å². The van der Waals surface area contributed by atoms with Gasteiger partial charge in [0.1, 0.15) is 12.7 Å². The van der Waals surface area contributed by atoms with E-state index in [0.717, 1.165) is 19.3 Å². The van der Waals surface area contributed by atoms with Gasteiger partial charge in [0.15, 0.2) is 0 Å². The first-order valence-electron chi connectivity index (χ1n) is 7.00. The maximum absolute atomic E-state index is 10.9. The summed E-state index contributed by atoms with van der Waals surface area (Å²) in [7, 11) is 0. The Kier molecular flexibility index (Phi) is 5.79. The van der Waals surface area contributed by atoms with Gasteiger partial charge in [0.25, 0.3) is 0 Å². The molecule has 4 heteroatoms. The van der Waals surface area contributed by atoms with Gasteiger partial charge in [-0.25, -0.2) is 4.98 Å². The smallest absolute Gasteiger partial charge is 0.137 e. The molecule has 1 aromatic rings. The molecule has 0 aliphatic heterocycles. The molecule has 1 heterocycles. The zero-order valence-electron chi connectivity index (χ0n) is 12.1. The molecule has 0 spiro atoms. The van der Waals surface area contributed by atoms with Gasteiger partial charge in [-0.15, -0.1) is 0 Å². The molecule has 18 heavy (non-hydrogen) atoms. The number of aliphatic hydroxyl groups is 1. The Labute approximate surface area is 110 Å². The third-order valence-corrected chi connectivity index (χ3v) is 3.22. The van der Waals surface area contributed by atoms with Gasteiger partial charge in [-0.1, -0.05) is 40.5 Å². The van der Waals surface area contributed by atoms with Crippen molar-refractivity contribution in [1.82, 2.24) is 14.8 Å². The molecule has 2 atom stereocenters. The molecule has 0 aliphatic rings. The van der Waals surface area contributed by atoms with Crippen LogP contribution in [0.3, 0.4) is 0 Å². The Bertz CT molecular complexity index is 324. The van der Waals surface area contributed by atoms with Crippen LogP contribution in [0, 0.1) is 11.8 Å². The van der Waals surface area contributed by atoms with Crippen LogP contribution in [0.4, 0.5) is 0 Å². The maximum Gasteiger partial charge on any atom is 0.137 e. The van der Waals surface area contributed by atoms with Crippen molar-refractivity contribution in [2.75, 3.05) is 0 Å². The average Bonchev–Trinajstić information content (AvgIpc) is 2.67. The quantitative estimate of drug-likeness (QED) is 0.775. The molecule has 1 N–H and O–H groups in total. The molecule has 0 saturated carbocycles. The summed E-state index contributed by atoms with van der Waals surface area (Å²) in [6.07, 6.45) is 7.17. The monoisotopic (exact) mass is 253 g/mol. The second-order valence-electron chi connectivity index (χ2n) is 6.01. The van der Waals surface area contributed by atoms with Crippen LogP contribution in [0.1, 0.15) is 53.4 Å². The fraction of sp³-hybridized carbons (Fsp3) is 0.857. The van der Waals surface area contributed by atoms with E-state index in [4.69, 9.17) is 0 Å². The summed E-state index contributed by atoms with van der Waals surface area (Å²) in [6.45, 7) is 9.25. The lowest BCUT2D eigenvalue weighted by molar-refractivity contribution is -0.0205. The molecule has 0 radical (unpaired) electrons. The molecule has 0 fully saturated rings. The average molecular weight is 253 g/mol. The molecule has 1 rings (SSSR count). The molecule has 0 saturated heterocycles. The highest BCUT2D eigenvalue weighted by atomic mass is 16.3. The Morgan fingerprint density at radius 3 is 2.50 bits per heavy atom. The van der Waals surface area contributed by atoms with Gasteiger partial charge in [0, 0.05) is 0 Å². The Balaban J connectivity index is 2.68. The van der Waals surface area contributed by atoms with Gasteiger partial charge in [0.05, 0.1) is 12.1 Å². The highest BCUT2D eigenvalue weighted by Crippen LogP contribution is 2.28. The molecule has 104 valence electrons. The Hall–Kier alpha value is -0.900. The van der Waals surface area contributed by atoms with Crippen molar-refractivity contribution < 1.29 is 5.11 Å². The van der Waals surface area contributed by atoms with Crippen molar-refractivity contribution in [1.29, 1.82) is 0 Å². The van der Waals surface area contributed by atoms with E-state index in [0.29, 0.717) is 18.4 Å². The summed E-state index contributed by atoms with van der Waals surface area (Å²) >= 11 is 0. The van der Waals surface area contributed by atoms with Gasteiger partial charge in [-0.05, 0) is 24.7 Å². The van der Waals surface area contributed by atoms with Crippen LogP contribution in [0.15, 0.2) is 12.7 Å². The largest absolute Gasteiger partial charge is 0.388 e. The lowest BCUT2D eigenvalue weighted by Gasteiger charge is -2.32. The van der Waals surface area contributed by atoms with Gasteiger partial charge < -0.3 is 5.11 Å². The minimum atomic E-state index is -0.670. The summed E-state index contributed by atoms with van der Waals surface area (Å²) in [6, 6.07) is 0. The molecule has 1 aromatic heterocycles. The summed E-state index contributed by atoms with van der Waals surface area (Å²) in [5.74, 6) is 1.02. The fourth-order valence-electron chi connectivity index (χ4n) is 2.83. The number of rotatable bonds is 8. The molecular formula is C14H27N3O. The second-order valence-corrected chi connectivity index (χ2v) is 6.01. The lowest BCUT2D eigenvalue weighted by Crippen LogP contribution is -2.37. The van der Waals surface area contributed by atoms with E-state index in [1.807, 2.05) is 0 Å². The second kappa shape index (κ2) is 6.88. The third kappa shape index (κ3) is 5.17. The number of aromatic nitrogens is 3. The van der Waals surface area contributed by atoms with Crippen LogP contribution in [-0.2, 0) is 6.54 Å². The van der Waals surface area contributed by atoms with E-state index in [9.17, 15) is 5.11 Å². The maximum atomic E-state index is 10.9. The Morgan fingerprint density at radius 1 is 1.28 bits per heavy atom. The third-order valence-electron chi connectivity index (χ3n) is 3.22. The predicted octanol–water partition coefficient (Wildman–Crippen LogP) is 2.88. The van der Waals surface area contributed by atoms with E-state index in [1.165, 1.54) is 12.7 Å². The molecule has 0 bridgehead atoms. The summed E-state index contributed by atoms with van der Waals surface area (Å²) in [5, 5.41) is 15.0. The zero-order chi connectivity index (χ0) is 13.6. The molecule has 4 nitrogen and oxygen atoms in total. The fourth-order valence-corrected chi connectivity index (χ4v) is 2.83. The number of hydrogen-bond donors (Lipinski definition) is 1. The lowest BCUT2D eigenvalue weighted by atomic mass is 9.83. The van der Waals surface area contributed by atoms with Crippen molar-refractivity contribution in [3.05, 3.63) is 12.7 Å². The normalized spacial score (nSPS) is 16.8. The Morgan fingerprint density at radius 2 is 2.00 bits per heavy atom.